The molecule has 3 N–H and O–H groups in total. The van der Waals surface area contributed by atoms with Crippen molar-refractivity contribution < 1.29 is 9.63 Å². The third kappa shape index (κ3) is 1.21. The van der Waals surface area contributed by atoms with Crippen LogP contribution in [0, 0.1) is 17.8 Å². The predicted octanol–water partition coefficient (Wildman–Crippen LogP) is -0.351. The van der Waals surface area contributed by atoms with Gasteiger partial charge in [-0.2, -0.15) is 5.90 Å². The number of carbonyl (C=O) groups is 1. The Bertz CT molecular complexity index is 183. The fourth-order valence-corrected chi connectivity index (χ4v) is 2.45. The third-order valence-corrected chi connectivity index (χ3v) is 3.10. The highest BCUT2D eigenvalue weighted by Gasteiger charge is 2.40. The van der Waals surface area contributed by atoms with Crippen LogP contribution in [0.2, 0.25) is 0 Å². The van der Waals surface area contributed by atoms with Crippen LogP contribution >= 0.6 is 0 Å². The zero-order valence-corrected chi connectivity index (χ0v) is 6.95. The van der Waals surface area contributed by atoms with Crippen LogP contribution in [0.1, 0.15) is 12.8 Å². The van der Waals surface area contributed by atoms with E-state index in [4.69, 9.17) is 5.90 Å². The number of carbonyl (C=O) groups excluding carboxylic acids is 1. The van der Waals surface area contributed by atoms with E-state index in [0.29, 0.717) is 11.8 Å². The summed E-state index contributed by atoms with van der Waals surface area (Å²) in [6, 6.07) is 0. The minimum atomic E-state index is -0.232. The summed E-state index contributed by atoms with van der Waals surface area (Å²) in [6.45, 7) is 2.11. The molecule has 1 heterocycles. The maximum absolute atomic E-state index is 11.1. The highest BCUT2D eigenvalue weighted by Crippen LogP contribution is 2.38. The van der Waals surface area contributed by atoms with Gasteiger partial charge >= 0.3 is 5.97 Å². The molecule has 1 saturated heterocycles. The Kier molecular flexibility index (Phi) is 2.02. The summed E-state index contributed by atoms with van der Waals surface area (Å²) in [7, 11) is 0. The van der Waals surface area contributed by atoms with E-state index in [9.17, 15) is 4.79 Å². The molecule has 2 unspecified atom stereocenters. The molecule has 68 valence electrons. The summed E-state index contributed by atoms with van der Waals surface area (Å²) in [5.74, 6) is 6.02. The summed E-state index contributed by atoms with van der Waals surface area (Å²) in [5.41, 5.74) is 0. The lowest BCUT2D eigenvalue weighted by Crippen LogP contribution is -2.21. The molecule has 1 saturated carbocycles. The molecular weight excluding hydrogens is 156 g/mol. The van der Waals surface area contributed by atoms with Gasteiger partial charge in [0.2, 0.25) is 0 Å². The first-order valence-electron chi connectivity index (χ1n) is 4.42. The number of hydrogen-bond donors (Lipinski definition) is 2. The highest BCUT2D eigenvalue weighted by molar-refractivity contribution is 5.72. The van der Waals surface area contributed by atoms with Gasteiger partial charge in [-0.15, -0.1) is 0 Å². The zero-order valence-electron chi connectivity index (χ0n) is 6.95. The fraction of sp³-hybridized carbons (Fsp3) is 0.875. The summed E-state index contributed by atoms with van der Waals surface area (Å²) >= 11 is 0. The van der Waals surface area contributed by atoms with Crippen LogP contribution in [0.4, 0.5) is 0 Å². The lowest BCUT2D eigenvalue weighted by molar-refractivity contribution is -0.149. The molecule has 2 aliphatic rings. The minimum Gasteiger partial charge on any atom is -0.373 e. The normalized spacial score (nSPS) is 39.6. The maximum atomic E-state index is 11.1. The number of hydrogen-bond acceptors (Lipinski definition) is 4. The van der Waals surface area contributed by atoms with Gasteiger partial charge in [-0.25, -0.2) is 0 Å². The van der Waals surface area contributed by atoms with Gasteiger partial charge in [-0.05, 0) is 37.8 Å². The highest BCUT2D eigenvalue weighted by atomic mass is 16.7. The Labute approximate surface area is 71.4 Å². The molecule has 4 nitrogen and oxygen atoms in total. The first-order valence-corrected chi connectivity index (χ1v) is 4.42. The Morgan fingerprint density at radius 2 is 1.92 bits per heavy atom. The molecule has 0 radical (unpaired) electrons. The maximum Gasteiger partial charge on any atom is 0.327 e. The first kappa shape index (κ1) is 8.01. The van der Waals surface area contributed by atoms with Crippen molar-refractivity contribution in [1.29, 1.82) is 0 Å². The van der Waals surface area contributed by atoms with Gasteiger partial charge in [-0.1, -0.05) is 0 Å². The van der Waals surface area contributed by atoms with Crippen molar-refractivity contribution in [3.63, 3.8) is 0 Å². The van der Waals surface area contributed by atoms with Crippen LogP contribution in [-0.4, -0.2) is 19.1 Å². The molecule has 2 rings (SSSR count). The molecule has 0 aromatic rings. The van der Waals surface area contributed by atoms with Crippen molar-refractivity contribution in [3.05, 3.63) is 0 Å². The van der Waals surface area contributed by atoms with Crippen LogP contribution in [0.3, 0.4) is 0 Å². The van der Waals surface area contributed by atoms with Gasteiger partial charge in [0.05, 0.1) is 5.92 Å². The molecule has 2 atom stereocenters. The van der Waals surface area contributed by atoms with E-state index < -0.39 is 0 Å². The van der Waals surface area contributed by atoms with Crippen LogP contribution in [0.5, 0.6) is 0 Å². The smallest absolute Gasteiger partial charge is 0.327 e. The van der Waals surface area contributed by atoms with Gasteiger partial charge in [0.1, 0.15) is 0 Å². The van der Waals surface area contributed by atoms with Gasteiger partial charge in [0, 0.05) is 0 Å². The van der Waals surface area contributed by atoms with Crippen molar-refractivity contribution in [2.45, 2.75) is 12.8 Å². The lowest BCUT2D eigenvalue weighted by Gasteiger charge is -2.06. The number of rotatable bonds is 1. The summed E-state index contributed by atoms with van der Waals surface area (Å²) < 4.78 is 0. The zero-order chi connectivity index (χ0) is 8.55. The largest absolute Gasteiger partial charge is 0.373 e. The van der Waals surface area contributed by atoms with Crippen LogP contribution in [0.25, 0.3) is 0 Å². The molecule has 1 aliphatic carbocycles. The molecule has 0 amide bonds. The Hall–Kier alpha value is -0.610. The molecule has 0 aromatic carbocycles. The van der Waals surface area contributed by atoms with Gasteiger partial charge in [0.15, 0.2) is 0 Å². The minimum absolute atomic E-state index is 0.0621. The Morgan fingerprint density at radius 3 is 2.42 bits per heavy atom. The number of nitrogens with one attached hydrogen (secondary N) is 1. The van der Waals surface area contributed by atoms with Crippen molar-refractivity contribution in [2.75, 3.05) is 13.1 Å². The van der Waals surface area contributed by atoms with E-state index in [2.05, 4.69) is 10.2 Å². The van der Waals surface area contributed by atoms with E-state index in [1.165, 1.54) is 0 Å². The van der Waals surface area contributed by atoms with E-state index in [-0.39, 0.29) is 11.9 Å². The van der Waals surface area contributed by atoms with Crippen molar-refractivity contribution in [2.24, 2.45) is 23.7 Å². The summed E-state index contributed by atoms with van der Waals surface area (Å²) in [6.07, 6.45) is 1.90. The SMILES string of the molecule is NOC(=O)C1CC2CNCC2C1. The van der Waals surface area contributed by atoms with Crippen LogP contribution in [-0.2, 0) is 9.63 Å². The summed E-state index contributed by atoms with van der Waals surface area (Å²) in [4.78, 5) is 15.3. The second kappa shape index (κ2) is 3.03. The van der Waals surface area contributed by atoms with Gasteiger partial charge in [0.25, 0.3) is 0 Å². The second-order valence-electron chi connectivity index (χ2n) is 3.78. The van der Waals surface area contributed by atoms with Crippen LogP contribution in [0.15, 0.2) is 0 Å². The lowest BCUT2D eigenvalue weighted by atomic mass is 10.0. The van der Waals surface area contributed by atoms with E-state index >= 15 is 0 Å². The van der Waals surface area contributed by atoms with Gasteiger partial charge < -0.3 is 10.2 Å². The van der Waals surface area contributed by atoms with Crippen LogP contribution < -0.4 is 11.2 Å². The second-order valence-corrected chi connectivity index (χ2v) is 3.78. The number of nitrogens with two attached hydrogens (primary N) is 1. The fourth-order valence-electron chi connectivity index (χ4n) is 2.45. The molecule has 0 bridgehead atoms. The average Bonchev–Trinajstić information content (AvgIpc) is 2.60. The molecule has 2 fully saturated rings. The molecule has 12 heavy (non-hydrogen) atoms. The third-order valence-electron chi connectivity index (χ3n) is 3.10. The first-order chi connectivity index (χ1) is 5.81. The predicted molar refractivity (Wildman–Crippen MR) is 42.9 cm³/mol. The van der Waals surface area contributed by atoms with E-state index in [1.54, 1.807) is 0 Å². The quantitative estimate of drug-likeness (QED) is 0.528. The van der Waals surface area contributed by atoms with E-state index in [1.807, 2.05) is 0 Å². The van der Waals surface area contributed by atoms with Crippen molar-refractivity contribution in [3.8, 4) is 0 Å². The molecule has 0 aromatic heterocycles. The van der Waals surface area contributed by atoms with Crippen molar-refractivity contribution in [1.82, 2.24) is 5.32 Å². The summed E-state index contributed by atoms with van der Waals surface area (Å²) in [5, 5.41) is 3.32. The molecule has 1 aliphatic heterocycles. The Morgan fingerprint density at radius 1 is 1.33 bits per heavy atom. The molecule has 4 heteroatoms. The molecule has 0 spiro atoms. The molecular formula is C8H14N2O2. The average molecular weight is 170 g/mol. The monoisotopic (exact) mass is 170 g/mol. The topological polar surface area (TPSA) is 64.3 Å². The number of fused-ring (bicyclic) bond motifs is 1. The Balaban J connectivity index is 1.94. The van der Waals surface area contributed by atoms with Crippen molar-refractivity contribution >= 4 is 5.97 Å². The standard InChI is InChI=1S/C8H14N2O2/c9-12-8(11)5-1-6-3-10-4-7(6)2-5/h5-7,10H,1-4,9H2. The van der Waals surface area contributed by atoms with E-state index in [0.717, 1.165) is 25.9 Å². The van der Waals surface area contributed by atoms with Gasteiger partial charge in [-0.3, -0.25) is 4.79 Å².